The number of hydrogen-bond donors (Lipinski definition) is 1. The summed E-state index contributed by atoms with van der Waals surface area (Å²) in [5.41, 5.74) is 0.480. The Morgan fingerprint density at radius 2 is 1.85 bits per heavy atom. The summed E-state index contributed by atoms with van der Waals surface area (Å²) >= 11 is 0. The Bertz CT molecular complexity index is 998. The summed E-state index contributed by atoms with van der Waals surface area (Å²) in [5.74, 6) is -0.754. The monoisotopic (exact) mass is 349 g/mol. The van der Waals surface area contributed by atoms with Crippen LogP contribution in [0.5, 0.6) is 0 Å². The molecule has 3 aromatic rings. The van der Waals surface area contributed by atoms with Crippen LogP contribution in [0.3, 0.4) is 0 Å². The molecule has 1 unspecified atom stereocenters. The first-order valence-electron chi connectivity index (χ1n) is 8.04. The second-order valence-corrected chi connectivity index (χ2v) is 5.93. The minimum Gasteiger partial charge on any atom is -0.503 e. The van der Waals surface area contributed by atoms with Crippen LogP contribution in [-0.2, 0) is 4.79 Å². The van der Waals surface area contributed by atoms with Gasteiger partial charge in [0, 0.05) is 5.69 Å². The van der Waals surface area contributed by atoms with E-state index in [-0.39, 0.29) is 11.3 Å². The third-order valence-electron chi connectivity index (χ3n) is 4.26. The minimum atomic E-state index is -0.879. The quantitative estimate of drug-likeness (QED) is 0.721. The molecular weight excluding hydrogens is 334 g/mol. The standard InChI is InChI=1S/C20H15NO5/c1-12-9-10-14(26-12)17-16(18(22)15-8-5-11-25-15)19(23)20(24)21(17)13-6-3-2-4-7-13/h2-11,17,23H,1H3. The van der Waals surface area contributed by atoms with Gasteiger partial charge in [0.25, 0.3) is 5.91 Å². The molecule has 1 N–H and O–H groups in total. The smallest absolute Gasteiger partial charge is 0.294 e. The number of anilines is 1. The molecule has 1 atom stereocenters. The van der Waals surface area contributed by atoms with Crippen molar-refractivity contribution in [1.82, 2.24) is 0 Å². The molecule has 1 aliphatic rings. The number of carbonyl (C=O) groups is 2. The molecule has 4 rings (SSSR count). The lowest BCUT2D eigenvalue weighted by atomic mass is 9.99. The summed E-state index contributed by atoms with van der Waals surface area (Å²) in [6.07, 6.45) is 1.36. The second-order valence-electron chi connectivity index (χ2n) is 5.93. The van der Waals surface area contributed by atoms with Crippen LogP contribution in [0.2, 0.25) is 0 Å². The molecule has 0 saturated carbocycles. The van der Waals surface area contributed by atoms with Crippen molar-refractivity contribution < 1.29 is 23.5 Å². The zero-order valence-corrected chi connectivity index (χ0v) is 13.9. The number of aliphatic hydroxyl groups is 1. The Balaban J connectivity index is 1.88. The zero-order chi connectivity index (χ0) is 18.3. The number of furan rings is 2. The summed E-state index contributed by atoms with van der Waals surface area (Å²) in [6.45, 7) is 1.77. The Morgan fingerprint density at radius 1 is 1.08 bits per heavy atom. The van der Waals surface area contributed by atoms with Crippen molar-refractivity contribution in [3.63, 3.8) is 0 Å². The van der Waals surface area contributed by atoms with Gasteiger partial charge in [-0.1, -0.05) is 18.2 Å². The second kappa shape index (κ2) is 6.07. The van der Waals surface area contributed by atoms with Gasteiger partial charge in [-0.05, 0) is 43.3 Å². The molecule has 26 heavy (non-hydrogen) atoms. The molecule has 130 valence electrons. The number of ketones is 1. The normalized spacial score (nSPS) is 17.2. The molecule has 0 fully saturated rings. The van der Waals surface area contributed by atoms with E-state index in [1.54, 1.807) is 49.4 Å². The number of aryl methyl sites for hydroxylation is 1. The van der Waals surface area contributed by atoms with Crippen molar-refractivity contribution >= 4 is 17.4 Å². The first kappa shape index (κ1) is 16.0. The van der Waals surface area contributed by atoms with Gasteiger partial charge in [-0.25, -0.2) is 0 Å². The maximum atomic E-state index is 12.9. The van der Waals surface area contributed by atoms with Gasteiger partial charge in [0.2, 0.25) is 5.78 Å². The number of Topliss-reactive ketones (excluding diaryl/α,β-unsaturated/α-hetero) is 1. The van der Waals surface area contributed by atoms with Crippen LogP contribution in [0.25, 0.3) is 0 Å². The van der Waals surface area contributed by atoms with E-state index >= 15 is 0 Å². The number of amides is 1. The maximum Gasteiger partial charge on any atom is 0.294 e. The molecule has 1 aromatic carbocycles. The Kier molecular flexibility index (Phi) is 3.73. The van der Waals surface area contributed by atoms with Gasteiger partial charge in [0.15, 0.2) is 11.5 Å². The number of carbonyl (C=O) groups excluding carboxylic acids is 2. The van der Waals surface area contributed by atoms with Crippen LogP contribution in [-0.4, -0.2) is 16.8 Å². The summed E-state index contributed by atoms with van der Waals surface area (Å²) in [7, 11) is 0. The van der Waals surface area contributed by atoms with Crippen molar-refractivity contribution in [2.45, 2.75) is 13.0 Å². The number of hydrogen-bond acceptors (Lipinski definition) is 5. The van der Waals surface area contributed by atoms with Gasteiger partial charge in [0.05, 0.1) is 11.8 Å². The number of nitrogens with zero attached hydrogens (tertiary/aromatic N) is 1. The van der Waals surface area contributed by atoms with E-state index in [4.69, 9.17) is 8.83 Å². The third kappa shape index (κ3) is 2.43. The minimum absolute atomic E-state index is 0.0440. The average molecular weight is 349 g/mol. The topological polar surface area (TPSA) is 83.9 Å². The largest absolute Gasteiger partial charge is 0.503 e. The predicted octanol–water partition coefficient (Wildman–Crippen LogP) is 3.96. The van der Waals surface area contributed by atoms with Crippen LogP contribution in [0, 0.1) is 6.92 Å². The summed E-state index contributed by atoms with van der Waals surface area (Å²) in [5, 5.41) is 10.5. The first-order valence-corrected chi connectivity index (χ1v) is 8.04. The van der Waals surface area contributed by atoms with Gasteiger partial charge in [0.1, 0.15) is 17.6 Å². The fourth-order valence-corrected chi connectivity index (χ4v) is 3.10. The molecule has 0 spiro atoms. The number of rotatable bonds is 4. The molecule has 6 nitrogen and oxygen atoms in total. The van der Waals surface area contributed by atoms with Crippen LogP contribution in [0.1, 0.15) is 28.1 Å². The highest BCUT2D eigenvalue weighted by Gasteiger charge is 2.46. The lowest BCUT2D eigenvalue weighted by Crippen LogP contribution is -2.30. The Hall–Kier alpha value is -3.54. The highest BCUT2D eigenvalue weighted by atomic mass is 16.3. The van der Waals surface area contributed by atoms with Gasteiger partial charge in [-0.15, -0.1) is 0 Å². The molecule has 0 saturated heterocycles. The molecule has 6 heteroatoms. The van der Waals surface area contributed by atoms with E-state index in [1.165, 1.54) is 17.2 Å². The van der Waals surface area contributed by atoms with Gasteiger partial charge in [-0.2, -0.15) is 0 Å². The van der Waals surface area contributed by atoms with E-state index in [1.807, 2.05) is 6.07 Å². The molecule has 1 amide bonds. The Labute approximate surface area is 149 Å². The van der Waals surface area contributed by atoms with Crippen molar-refractivity contribution in [2.75, 3.05) is 4.90 Å². The lowest BCUT2D eigenvalue weighted by Gasteiger charge is -2.24. The fourth-order valence-electron chi connectivity index (χ4n) is 3.10. The van der Waals surface area contributed by atoms with Crippen LogP contribution in [0.4, 0.5) is 5.69 Å². The molecular formula is C20H15NO5. The van der Waals surface area contributed by atoms with Gasteiger partial charge >= 0.3 is 0 Å². The summed E-state index contributed by atoms with van der Waals surface area (Å²) < 4.78 is 10.9. The van der Waals surface area contributed by atoms with Crippen LogP contribution < -0.4 is 4.90 Å². The number of aliphatic hydroxyl groups excluding tert-OH is 1. The third-order valence-corrected chi connectivity index (χ3v) is 4.26. The van der Waals surface area contributed by atoms with E-state index < -0.39 is 23.5 Å². The predicted molar refractivity (Wildman–Crippen MR) is 92.8 cm³/mol. The molecule has 3 heterocycles. The zero-order valence-electron chi connectivity index (χ0n) is 13.9. The SMILES string of the molecule is Cc1ccc(C2C(C(=O)c3ccco3)=C(O)C(=O)N2c2ccccc2)o1. The van der Waals surface area contributed by atoms with E-state index in [2.05, 4.69) is 0 Å². The number of para-hydroxylation sites is 1. The molecule has 0 bridgehead atoms. The molecule has 2 aromatic heterocycles. The Morgan fingerprint density at radius 3 is 2.46 bits per heavy atom. The van der Waals surface area contributed by atoms with E-state index in [0.29, 0.717) is 17.2 Å². The molecule has 0 radical (unpaired) electrons. The first-order chi connectivity index (χ1) is 12.6. The highest BCUT2D eigenvalue weighted by molar-refractivity contribution is 6.20. The summed E-state index contributed by atoms with van der Waals surface area (Å²) in [4.78, 5) is 27.0. The van der Waals surface area contributed by atoms with Crippen molar-refractivity contribution in [3.8, 4) is 0 Å². The average Bonchev–Trinajstić information content (AvgIpc) is 3.37. The van der Waals surface area contributed by atoms with Crippen LogP contribution >= 0.6 is 0 Å². The number of benzene rings is 1. The van der Waals surface area contributed by atoms with Crippen LogP contribution in [0.15, 0.2) is 81.0 Å². The lowest BCUT2D eigenvalue weighted by molar-refractivity contribution is -0.117. The van der Waals surface area contributed by atoms with E-state index in [9.17, 15) is 14.7 Å². The van der Waals surface area contributed by atoms with Crippen molar-refractivity contribution in [1.29, 1.82) is 0 Å². The maximum absolute atomic E-state index is 12.9. The van der Waals surface area contributed by atoms with Crippen molar-refractivity contribution in [3.05, 3.63) is 89.5 Å². The molecule has 1 aliphatic heterocycles. The molecule has 0 aliphatic carbocycles. The van der Waals surface area contributed by atoms with Gasteiger partial charge < -0.3 is 13.9 Å². The fraction of sp³-hybridized carbons (Fsp3) is 0.100. The van der Waals surface area contributed by atoms with Gasteiger partial charge in [-0.3, -0.25) is 14.5 Å². The highest BCUT2D eigenvalue weighted by Crippen LogP contribution is 2.42. The van der Waals surface area contributed by atoms with Crippen molar-refractivity contribution in [2.24, 2.45) is 0 Å². The summed E-state index contributed by atoms with van der Waals surface area (Å²) in [6, 6.07) is 14.4. The van der Waals surface area contributed by atoms with E-state index in [0.717, 1.165) is 0 Å².